The molecular formula is C16H17N3O3. The molecule has 1 aromatic carbocycles. The maximum absolute atomic E-state index is 12.5. The minimum absolute atomic E-state index is 0.0180. The molecule has 2 N–H and O–H groups in total. The van der Waals surface area contributed by atoms with Gasteiger partial charge in [-0.1, -0.05) is 37.3 Å². The largest absolute Gasteiger partial charge is 0.480 e. The molecule has 0 saturated heterocycles. The molecule has 114 valence electrons. The maximum Gasteiger partial charge on any atom is 0.326 e. The van der Waals surface area contributed by atoms with Gasteiger partial charge in [0.15, 0.2) is 5.82 Å². The van der Waals surface area contributed by atoms with Crippen molar-refractivity contribution in [3.63, 3.8) is 0 Å². The fraction of sp³-hybridized carbons (Fsp3) is 0.312. The first-order chi connectivity index (χ1) is 10.6. The van der Waals surface area contributed by atoms with Gasteiger partial charge in [-0.2, -0.15) is 0 Å². The Kier molecular flexibility index (Phi) is 3.66. The first-order valence-corrected chi connectivity index (χ1v) is 7.20. The van der Waals surface area contributed by atoms with Gasteiger partial charge in [-0.25, -0.2) is 9.78 Å². The summed E-state index contributed by atoms with van der Waals surface area (Å²) in [5.41, 5.74) is 1.34. The lowest BCUT2D eigenvalue weighted by atomic mass is 10.1. The molecule has 0 bridgehead atoms. The summed E-state index contributed by atoms with van der Waals surface area (Å²) in [5.74, 6) is -0.773. The van der Waals surface area contributed by atoms with Crippen LogP contribution in [0.4, 0.5) is 5.82 Å². The molecule has 0 aliphatic carbocycles. The second-order valence-corrected chi connectivity index (χ2v) is 5.54. The van der Waals surface area contributed by atoms with Gasteiger partial charge < -0.3 is 10.4 Å². The molecule has 0 radical (unpaired) electrons. The van der Waals surface area contributed by atoms with Gasteiger partial charge in [0.1, 0.15) is 6.04 Å². The summed E-state index contributed by atoms with van der Waals surface area (Å²) in [7, 11) is 0. The van der Waals surface area contributed by atoms with Gasteiger partial charge in [-0.15, -0.1) is 0 Å². The Morgan fingerprint density at radius 3 is 2.82 bits per heavy atom. The van der Waals surface area contributed by atoms with Crippen molar-refractivity contribution in [2.45, 2.75) is 31.8 Å². The SMILES string of the molecule is CC1CC(C(=O)O)n2c1cnc(NCc1ccccc1)c2=O. The van der Waals surface area contributed by atoms with Crippen LogP contribution >= 0.6 is 0 Å². The molecule has 3 rings (SSSR count). The van der Waals surface area contributed by atoms with Crippen LogP contribution in [0.1, 0.15) is 36.6 Å². The molecule has 6 heteroatoms. The number of anilines is 1. The van der Waals surface area contributed by atoms with Gasteiger partial charge in [0, 0.05) is 24.4 Å². The normalized spacial score (nSPS) is 19.7. The Labute approximate surface area is 127 Å². The smallest absolute Gasteiger partial charge is 0.326 e. The van der Waals surface area contributed by atoms with E-state index in [4.69, 9.17) is 0 Å². The van der Waals surface area contributed by atoms with E-state index in [0.717, 1.165) is 5.56 Å². The third-order valence-electron chi connectivity index (χ3n) is 4.01. The number of aromatic nitrogens is 2. The van der Waals surface area contributed by atoms with E-state index in [9.17, 15) is 14.7 Å². The van der Waals surface area contributed by atoms with E-state index in [2.05, 4.69) is 10.3 Å². The number of hydrogen-bond donors (Lipinski definition) is 2. The first-order valence-electron chi connectivity index (χ1n) is 7.20. The summed E-state index contributed by atoms with van der Waals surface area (Å²) in [5, 5.41) is 12.3. The molecule has 1 aliphatic rings. The predicted octanol–water partition coefficient (Wildman–Crippen LogP) is 1.99. The van der Waals surface area contributed by atoms with E-state index in [1.807, 2.05) is 37.3 Å². The Bertz CT molecular complexity index is 755. The fourth-order valence-electron chi connectivity index (χ4n) is 2.84. The van der Waals surface area contributed by atoms with Crippen LogP contribution in [0.15, 0.2) is 41.3 Å². The number of aliphatic carboxylic acids is 1. The first kappa shape index (κ1) is 14.3. The molecule has 0 saturated carbocycles. The molecule has 22 heavy (non-hydrogen) atoms. The zero-order valence-corrected chi connectivity index (χ0v) is 12.2. The van der Waals surface area contributed by atoms with E-state index < -0.39 is 12.0 Å². The van der Waals surface area contributed by atoms with Gasteiger partial charge in [0.05, 0.1) is 0 Å². The highest BCUT2D eigenvalue weighted by molar-refractivity contribution is 5.73. The highest BCUT2D eigenvalue weighted by atomic mass is 16.4. The summed E-state index contributed by atoms with van der Waals surface area (Å²) in [6, 6.07) is 8.84. The van der Waals surface area contributed by atoms with Crippen LogP contribution in [0, 0.1) is 0 Å². The van der Waals surface area contributed by atoms with Gasteiger partial charge in [-0.3, -0.25) is 9.36 Å². The summed E-state index contributed by atoms with van der Waals surface area (Å²) in [4.78, 5) is 28.0. The molecule has 0 amide bonds. The van der Waals surface area contributed by atoms with Gasteiger partial charge >= 0.3 is 5.97 Å². The zero-order chi connectivity index (χ0) is 15.7. The molecule has 0 fully saturated rings. The predicted molar refractivity (Wildman–Crippen MR) is 82.0 cm³/mol. The molecule has 6 nitrogen and oxygen atoms in total. The topological polar surface area (TPSA) is 84.2 Å². The summed E-state index contributed by atoms with van der Waals surface area (Å²) in [6.45, 7) is 2.38. The standard InChI is InChI=1S/C16H17N3O3/c1-10-7-12(16(21)22)19-13(10)9-18-14(15(19)20)17-8-11-5-3-2-4-6-11/h2-6,9-10,12H,7-8H2,1H3,(H,17,18)(H,21,22). The molecule has 1 aliphatic heterocycles. The van der Waals surface area contributed by atoms with Crippen molar-refractivity contribution in [1.82, 2.24) is 9.55 Å². The Morgan fingerprint density at radius 2 is 2.14 bits per heavy atom. The third-order valence-corrected chi connectivity index (χ3v) is 4.01. The van der Waals surface area contributed by atoms with Crippen molar-refractivity contribution < 1.29 is 9.90 Å². The summed E-state index contributed by atoms with van der Waals surface area (Å²) < 4.78 is 1.35. The van der Waals surface area contributed by atoms with Gasteiger partial charge in [0.2, 0.25) is 0 Å². The molecular weight excluding hydrogens is 282 g/mol. The van der Waals surface area contributed by atoms with Crippen molar-refractivity contribution in [2.24, 2.45) is 0 Å². The molecule has 2 unspecified atom stereocenters. The number of hydrogen-bond acceptors (Lipinski definition) is 4. The van der Waals surface area contributed by atoms with Gasteiger partial charge in [-0.05, 0) is 12.0 Å². The maximum atomic E-state index is 12.5. The minimum atomic E-state index is -0.979. The van der Waals surface area contributed by atoms with Crippen LogP contribution < -0.4 is 10.9 Å². The fourth-order valence-corrected chi connectivity index (χ4v) is 2.84. The van der Waals surface area contributed by atoms with Crippen LogP contribution in [0.2, 0.25) is 0 Å². The van der Waals surface area contributed by atoms with Crippen molar-refractivity contribution in [1.29, 1.82) is 0 Å². The Balaban J connectivity index is 1.90. The Hall–Kier alpha value is -2.63. The minimum Gasteiger partial charge on any atom is -0.480 e. The lowest BCUT2D eigenvalue weighted by Gasteiger charge is -2.12. The monoisotopic (exact) mass is 299 g/mol. The third kappa shape index (κ3) is 2.47. The molecule has 2 aromatic rings. The number of benzene rings is 1. The molecule has 0 spiro atoms. The van der Waals surface area contributed by atoms with Crippen molar-refractivity contribution in [2.75, 3.05) is 5.32 Å². The zero-order valence-electron chi connectivity index (χ0n) is 12.2. The average molecular weight is 299 g/mol. The van der Waals surface area contributed by atoms with Crippen LogP contribution in [-0.2, 0) is 11.3 Å². The lowest BCUT2D eigenvalue weighted by molar-refractivity contribution is -0.140. The number of carboxylic acid groups (broad SMARTS) is 1. The highest BCUT2D eigenvalue weighted by Crippen LogP contribution is 2.33. The second kappa shape index (κ2) is 5.63. The second-order valence-electron chi connectivity index (χ2n) is 5.54. The van der Waals surface area contributed by atoms with E-state index in [-0.39, 0.29) is 17.3 Å². The summed E-state index contributed by atoms with van der Waals surface area (Å²) >= 11 is 0. The highest BCUT2D eigenvalue weighted by Gasteiger charge is 2.34. The van der Waals surface area contributed by atoms with Crippen LogP contribution in [0.5, 0.6) is 0 Å². The lowest BCUT2D eigenvalue weighted by Crippen LogP contribution is -2.30. The van der Waals surface area contributed by atoms with E-state index in [0.29, 0.717) is 18.7 Å². The van der Waals surface area contributed by atoms with Crippen molar-refractivity contribution in [3.8, 4) is 0 Å². The number of carboxylic acids is 1. The summed E-state index contributed by atoms with van der Waals surface area (Å²) in [6.07, 6.45) is 2.02. The van der Waals surface area contributed by atoms with E-state index in [1.54, 1.807) is 6.20 Å². The number of rotatable bonds is 4. The molecule has 2 atom stereocenters. The molecule has 1 aromatic heterocycles. The van der Waals surface area contributed by atoms with Crippen molar-refractivity contribution >= 4 is 11.8 Å². The number of nitrogens with zero attached hydrogens (tertiary/aromatic N) is 2. The molecule has 2 heterocycles. The van der Waals surface area contributed by atoms with E-state index in [1.165, 1.54) is 4.57 Å². The van der Waals surface area contributed by atoms with E-state index >= 15 is 0 Å². The number of fused-ring (bicyclic) bond motifs is 1. The van der Waals surface area contributed by atoms with Crippen LogP contribution in [-0.4, -0.2) is 20.6 Å². The quantitative estimate of drug-likeness (QED) is 0.902. The number of nitrogens with one attached hydrogen (secondary N) is 1. The number of carbonyl (C=O) groups is 1. The van der Waals surface area contributed by atoms with Crippen LogP contribution in [0.25, 0.3) is 0 Å². The van der Waals surface area contributed by atoms with Gasteiger partial charge in [0.25, 0.3) is 5.56 Å². The average Bonchev–Trinajstić information content (AvgIpc) is 2.86. The van der Waals surface area contributed by atoms with Crippen molar-refractivity contribution in [3.05, 3.63) is 58.1 Å². The Morgan fingerprint density at radius 1 is 1.41 bits per heavy atom. The van der Waals surface area contributed by atoms with Crippen LogP contribution in [0.3, 0.4) is 0 Å².